The molecular formula is C12H9BrN4. The number of benzene rings is 1. The second-order valence-electron chi connectivity index (χ2n) is 3.70. The van der Waals surface area contributed by atoms with Crippen LogP contribution in [0.3, 0.4) is 0 Å². The van der Waals surface area contributed by atoms with Gasteiger partial charge in [0.25, 0.3) is 0 Å². The van der Waals surface area contributed by atoms with Crippen LogP contribution in [0.1, 0.15) is 5.82 Å². The molecule has 1 aromatic carbocycles. The standard InChI is InChI=1S/C12H9BrN4/c1-8-14-4-5-17(8)12-10-6-9(13)2-3-11(10)15-7-16-12/h2-7H,1H3. The van der Waals surface area contributed by atoms with E-state index >= 15 is 0 Å². The Morgan fingerprint density at radius 2 is 2.06 bits per heavy atom. The van der Waals surface area contributed by atoms with Crippen molar-refractivity contribution in [1.29, 1.82) is 0 Å². The Balaban J connectivity index is 2.37. The van der Waals surface area contributed by atoms with Gasteiger partial charge in [-0.25, -0.2) is 15.0 Å². The molecule has 0 aliphatic rings. The van der Waals surface area contributed by atoms with Crippen LogP contribution in [0.4, 0.5) is 0 Å². The minimum absolute atomic E-state index is 0.853. The van der Waals surface area contributed by atoms with E-state index in [1.807, 2.05) is 35.9 Å². The highest BCUT2D eigenvalue weighted by molar-refractivity contribution is 9.10. The highest BCUT2D eigenvalue weighted by atomic mass is 79.9. The summed E-state index contributed by atoms with van der Waals surface area (Å²) in [6, 6.07) is 5.96. The quantitative estimate of drug-likeness (QED) is 0.692. The van der Waals surface area contributed by atoms with Gasteiger partial charge in [-0.15, -0.1) is 0 Å². The lowest BCUT2D eigenvalue weighted by Crippen LogP contribution is -2.00. The van der Waals surface area contributed by atoms with Gasteiger partial charge in [-0.05, 0) is 25.1 Å². The van der Waals surface area contributed by atoms with Gasteiger partial charge < -0.3 is 0 Å². The topological polar surface area (TPSA) is 43.6 Å². The van der Waals surface area contributed by atoms with Crippen molar-refractivity contribution in [3.63, 3.8) is 0 Å². The second-order valence-corrected chi connectivity index (χ2v) is 4.62. The Labute approximate surface area is 106 Å². The molecule has 5 heteroatoms. The monoisotopic (exact) mass is 288 g/mol. The number of aromatic nitrogens is 4. The predicted octanol–water partition coefficient (Wildman–Crippen LogP) is 2.89. The molecule has 2 aromatic heterocycles. The van der Waals surface area contributed by atoms with Crippen LogP contribution in [0.5, 0.6) is 0 Å². The molecule has 2 heterocycles. The van der Waals surface area contributed by atoms with E-state index < -0.39 is 0 Å². The molecule has 0 bridgehead atoms. The molecule has 0 fully saturated rings. The van der Waals surface area contributed by atoms with Crippen molar-refractivity contribution < 1.29 is 0 Å². The normalized spacial score (nSPS) is 10.9. The van der Waals surface area contributed by atoms with Crippen LogP contribution in [0.2, 0.25) is 0 Å². The van der Waals surface area contributed by atoms with Gasteiger partial charge >= 0.3 is 0 Å². The summed E-state index contributed by atoms with van der Waals surface area (Å²) >= 11 is 3.47. The first-order valence-corrected chi connectivity index (χ1v) is 5.95. The molecule has 0 atom stereocenters. The summed E-state index contributed by atoms with van der Waals surface area (Å²) in [7, 11) is 0. The Bertz CT molecular complexity index is 690. The van der Waals surface area contributed by atoms with E-state index in [1.54, 1.807) is 12.5 Å². The SMILES string of the molecule is Cc1nccn1-c1ncnc2ccc(Br)cc12. The van der Waals surface area contributed by atoms with Gasteiger partial charge in [-0.3, -0.25) is 4.57 Å². The number of imidazole rings is 1. The number of hydrogen-bond acceptors (Lipinski definition) is 3. The average Bonchev–Trinajstić information content (AvgIpc) is 2.74. The maximum Gasteiger partial charge on any atom is 0.149 e. The minimum atomic E-state index is 0.853. The van der Waals surface area contributed by atoms with Crippen LogP contribution >= 0.6 is 15.9 Å². The van der Waals surface area contributed by atoms with Crippen LogP contribution in [-0.4, -0.2) is 19.5 Å². The van der Waals surface area contributed by atoms with Gasteiger partial charge in [0, 0.05) is 22.3 Å². The van der Waals surface area contributed by atoms with Gasteiger partial charge in [0.1, 0.15) is 18.0 Å². The second kappa shape index (κ2) is 3.92. The average molecular weight is 289 g/mol. The number of aryl methyl sites for hydroxylation is 1. The fourth-order valence-electron chi connectivity index (χ4n) is 1.81. The van der Waals surface area contributed by atoms with Crippen molar-refractivity contribution in [2.45, 2.75) is 6.92 Å². The molecule has 0 radical (unpaired) electrons. The van der Waals surface area contributed by atoms with Gasteiger partial charge in [0.05, 0.1) is 5.52 Å². The molecule has 3 aromatic rings. The van der Waals surface area contributed by atoms with Gasteiger partial charge in [0.2, 0.25) is 0 Å². The molecule has 0 aliphatic heterocycles. The minimum Gasteiger partial charge on any atom is -0.288 e. The summed E-state index contributed by atoms with van der Waals surface area (Å²) in [6.45, 7) is 1.95. The molecule has 0 N–H and O–H groups in total. The van der Waals surface area contributed by atoms with E-state index in [1.165, 1.54) is 0 Å². The molecule has 0 unspecified atom stereocenters. The number of halogens is 1. The third-order valence-electron chi connectivity index (χ3n) is 2.63. The Kier molecular flexibility index (Phi) is 2.40. The summed E-state index contributed by atoms with van der Waals surface area (Å²) in [5.74, 6) is 1.76. The summed E-state index contributed by atoms with van der Waals surface area (Å²) < 4.78 is 2.97. The highest BCUT2D eigenvalue weighted by Gasteiger charge is 2.07. The largest absolute Gasteiger partial charge is 0.288 e. The number of hydrogen-bond donors (Lipinski definition) is 0. The third kappa shape index (κ3) is 1.72. The number of nitrogens with zero attached hydrogens (tertiary/aromatic N) is 4. The zero-order valence-electron chi connectivity index (χ0n) is 9.13. The first-order valence-electron chi connectivity index (χ1n) is 5.16. The zero-order chi connectivity index (χ0) is 11.8. The van der Waals surface area contributed by atoms with Crippen molar-refractivity contribution in [2.24, 2.45) is 0 Å². The van der Waals surface area contributed by atoms with Crippen LogP contribution in [0.15, 0.2) is 41.4 Å². The molecule has 0 saturated carbocycles. The van der Waals surface area contributed by atoms with E-state index in [4.69, 9.17) is 0 Å². The number of fused-ring (bicyclic) bond motifs is 1. The third-order valence-corrected chi connectivity index (χ3v) is 3.12. The predicted molar refractivity (Wildman–Crippen MR) is 69.1 cm³/mol. The summed E-state index contributed by atoms with van der Waals surface area (Å²) in [5, 5.41) is 1.00. The van der Waals surface area contributed by atoms with Crippen LogP contribution in [0, 0.1) is 6.92 Å². The van der Waals surface area contributed by atoms with Crippen molar-refractivity contribution in [3.8, 4) is 5.82 Å². The molecule has 0 amide bonds. The van der Waals surface area contributed by atoms with Crippen molar-refractivity contribution in [1.82, 2.24) is 19.5 Å². The van der Waals surface area contributed by atoms with Crippen molar-refractivity contribution in [2.75, 3.05) is 0 Å². The van der Waals surface area contributed by atoms with Crippen LogP contribution in [0.25, 0.3) is 16.7 Å². The van der Waals surface area contributed by atoms with E-state index in [9.17, 15) is 0 Å². The van der Waals surface area contributed by atoms with E-state index in [0.29, 0.717) is 0 Å². The zero-order valence-corrected chi connectivity index (χ0v) is 10.7. The van der Waals surface area contributed by atoms with Crippen molar-refractivity contribution in [3.05, 3.63) is 47.2 Å². The highest BCUT2D eigenvalue weighted by Crippen LogP contribution is 2.23. The lowest BCUT2D eigenvalue weighted by atomic mass is 10.2. The fraction of sp³-hybridized carbons (Fsp3) is 0.0833. The van der Waals surface area contributed by atoms with E-state index in [0.717, 1.165) is 27.0 Å². The van der Waals surface area contributed by atoms with Crippen LogP contribution < -0.4 is 0 Å². The van der Waals surface area contributed by atoms with E-state index in [2.05, 4.69) is 30.9 Å². The van der Waals surface area contributed by atoms with Gasteiger partial charge in [-0.1, -0.05) is 15.9 Å². The maximum absolute atomic E-state index is 4.34. The lowest BCUT2D eigenvalue weighted by Gasteiger charge is -2.07. The molecule has 0 spiro atoms. The molecular weight excluding hydrogens is 280 g/mol. The van der Waals surface area contributed by atoms with Gasteiger partial charge in [-0.2, -0.15) is 0 Å². The summed E-state index contributed by atoms with van der Waals surface area (Å²) in [6.07, 6.45) is 5.24. The first kappa shape index (κ1) is 10.4. The molecule has 3 rings (SSSR count). The Hall–Kier alpha value is -1.75. The van der Waals surface area contributed by atoms with Crippen molar-refractivity contribution >= 4 is 26.8 Å². The van der Waals surface area contributed by atoms with Crippen LogP contribution in [-0.2, 0) is 0 Å². The summed E-state index contributed by atoms with van der Waals surface area (Å²) in [5.41, 5.74) is 0.923. The molecule has 4 nitrogen and oxygen atoms in total. The number of rotatable bonds is 1. The lowest BCUT2D eigenvalue weighted by molar-refractivity contribution is 0.935. The molecule has 17 heavy (non-hydrogen) atoms. The Morgan fingerprint density at radius 1 is 1.18 bits per heavy atom. The fourth-order valence-corrected chi connectivity index (χ4v) is 2.17. The first-order chi connectivity index (χ1) is 8.25. The van der Waals surface area contributed by atoms with Gasteiger partial charge in [0.15, 0.2) is 0 Å². The van der Waals surface area contributed by atoms with E-state index in [-0.39, 0.29) is 0 Å². The summed E-state index contributed by atoms with van der Waals surface area (Å²) in [4.78, 5) is 12.8. The molecule has 0 saturated heterocycles. The Morgan fingerprint density at radius 3 is 2.82 bits per heavy atom. The molecule has 84 valence electrons. The smallest absolute Gasteiger partial charge is 0.149 e. The molecule has 0 aliphatic carbocycles. The maximum atomic E-state index is 4.34.